The summed E-state index contributed by atoms with van der Waals surface area (Å²) in [5, 5.41) is 27.1. The molecule has 2 N–H and O–H groups in total. The van der Waals surface area contributed by atoms with E-state index in [-0.39, 0.29) is 17.3 Å². The summed E-state index contributed by atoms with van der Waals surface area (Å²) in [6.45, 7) is 2.25. The predicted octanol–water partition coefficient (Wildman–Crippen LogP) is 9.14. The number of nitrogens with one attached hydrogen (secondary N) is 1. The van der Waals surface area contributed by atoms with Crippen LogP contribution in [-0.2, 0) is 4.79 Å². The number of rotatable bonds is 18. The zero-order chi connectivity index (χ0) is 27.9. The molecule has 210 valence electrons. The maximum absolute atomic E-state index is 13.0. The first kappa shape index (κ1) is 30.1. The molecule has 0 saturated carbocycles. The summed E-state index contributed by atoms with van der Waals surface area (Å²) in [7, 11) is 0. The molecule has 0 bridgehead atoms. The van der Waals surface area contributed by atoms with Gasteiger partial charge in [0.15, 0.2) is 0 Å². The summed E-state index contributed by atoms with van der Waals surface area (Å²) in [6.07, 6.45) is 16.5. The Hall–Kier alpha value is -3.41. The highest BCUT2D eigenvalue weighted by Gasteiger charge is 2.24. The van der Waals surface area contributed by atoms with Crippen LogP contribution in [0.2, 0.25) is 0 Å². The third kappa shape index (κ3) is 9.68. The van der Waals surface area contributed by atoms with Gasteiger partial charge in [-0.05, 0) is 28.8 Å². The lowest BCUT2D eigenvalue weighted by Gasteiger charge is -2.22. The molecule has 0 fully saturated rings. The second-order valence-corrected chi connectivity index (χ2v) is 10.6. The molecule has 3 rings (SSSR count). The molecule has 3 aromatic carbocycles. The number of carbonyl (C=O) groups is 1. The summed E-state index contributed by atoms with van der Waals surface area (Å²) in [5.74, 6) is -0.0756. The Balaban J connectivity index is 1.53. The third-order valence-electron chi connectivity index (χ3n) is 7.46. The van der Waals surface area contributed by atoms with Gasteiger partial charge in [0, 0.05) is 24.1 Å². The van der Waals surface area contributed by atoms with Crippen molar-refractivity contribution in [3.8, 4) is 5.75 Å². The van der Waals surface area contributed by atoms with Crippen molar-refractivity contribution in [1.29, 1.82) is 0 Å². The topological polar surface area (TPSA) is 92.5 Å². The van der Waals surface area contributed by atoms with E-state index in [9.17, 15) is 20.0 Å². The Kier molecular flexibility index (Phi) is 12.8. The molecule has 0 spiro atoms. The van der Waals surface area contributed by atoms with Crippen molar-refractivity contribution in [3.63, 3.8) is 0 Å². The number of benzene rings is 3. The van der Waals surface area contributed by atoms with Crippen molar-refractivity contribution in [3.05, 3.63) is 81.9 Å². The van der Waals surface area contributed by atoms with Gasteiger partial charge in [-0.3, -0.25) is 14.9 Å². The van der Waals surface area contributed by atoms with E-state index in [0.29, 0.717) is 17.5 Å². The number of phenols is 1. The van der Waals surface area contributed by atoms with Crippen LogP contribution < -0.4 is 5.32 Å². The first-order valence-electron chi connectivity index (χ1n) is 14.8. The molecule has 1 amide bonds. The lowest BCUT2D eigenvalue weighted by Crippen LogP contribution is -2.29. The number of hydrogen-bond acceptors (Lipinski definition) is 4. The summed E-state index contributed by atoms with van der Waals surface area (Å²) in [6, 6.07) is 16.6. The second kappa shape index (κ2) is 16.5. The standard InChI is InChI=1S/C33H44N2O4/c1-2-3-4-5-6-7-8-9-10-11-12-13-14-22-31(37)34-33(27-19-17-20-28(25-27)35(38)39)32-29-21-16-15-18-26(29)23-24-30(32)36/h15-21,23-25,33,36H,2-14,22H2,1H3,(H,34,37). The molecule has 1 unspecified atom stereocenters. The summed E-state index contributed by atoms with van der Waals surface area (Å²) in [5.41, 5.74) is 1.06. The van der Waals surface area contributed by atoms with E-state index in [4.69, 9.17) is 0 Å². The Bertz CT molecular complexity index is 1190. The molecule has 0 aromatic heterocycles. The van der Waals surface area contributed by atoms with Gasteiger partial charge in [-0.25, -0.2) is 0 Å². The number of fused-ring (bicyclic) bond motifs is 1. The van der Waals surface area contributed by atoms with E-state index in [1.165, 1.54) is 76.3 Å². The van der Waals surface area contributed by atoms with Crippen LogP contribution in [0.15, 0.2) is 60.7 Å². The van der Waals surface area contributed by atoms with Crippen LogP contribution >= 0.6 is 0 Å². The quantitative estimate of drug-likeness (QED) is 0.0970. The zero-order valence-electron chi connectivity index (χ0n) is 23.4. The number of carbonyl (C=O) groups excluding carboxylic acids is 1. The predicted molar refractivity (Wildman–Crippen MR) is 159 cm³/mol. The molecule has 0 heterocycles. The van der Waals surface area contributed by atoms with E-state index in [1.807, 2.05) is 30.3 Å². The van der Waals surface area contributed by atoms with Crippen LogP contribution in [0.25, 0.3) is 10.8 Å². The second-order valence-electron chi connectivity index (χ2n) is 10.6. The number of nitro benzene ring substituents is 1. The number of nitrogens with zero attached hydrogens (tertiary/aromatic N) is 1. The van der Waals surface area contributed by atoms with Gasteiger partial charge in [0.05, 0.1) is 11.0 Å². The first-order chi connectivity index (χ1) is 19.0. The largest absolute Gasteiger partial charge is 0.508 e. The highest BCUT2D eigenvalue weighted by atomic mass is 16.6. The number of aromatic hydroxyl groups is 1. The Morgan fingerprint density at radius 3 is 2.08 bits per heavy atom. The molecule has 0 aliphatic heterocycles. The number of non-ortho nitro benzene ring substituents is 1. The van der Waals surface area contributed by atoms with E-state index >= 15 is 0 Å². The SMILES string of the molecule is CCCCCCCCCCCCCCCC(=O)NC(c1cccc([N+](=O)[O-])c1)c1c(O)ccc2ccccc12. The highest BCUT2D eigenvalue weighted by Crippen LogP contribution is 2.36. The van der Waals surface area contributed by atoms with Crippen molar-refractivity contribution in [1.82, 2.24) is 5.32 Å². The van der Waals surface area contributed by atoms with Crippen LogP contribution in [0.4, 0.5) is 5.69 Å². The summed E-state index contributed by atoms with van der Waals surface area (Å²) < 4.78 is 0. The minimum atomic E-state index is -0.703. The van der Waals surface area contributed by atoms with Gasteiger partial charge in [0.2, 0.25) is 5.91 Å². The summed E-state index contributed by atoms with van der Waals surface area (Å²) in [4.78, 5) is 24.0. The summed E-state index contributed by atoms with van der Waals surface area (Å²) >= 11 is 0. The fraction of sp³-hybridized carbons (Fsp3) is 0.485. The fourth-order valence-electron chi connectivity index (χ4n) is 5.26. The molecule has 1 atom stereocenters. The van der Waals surface area contributed by atoms with Crippen molar-refractivity contribution in [2.24, 2.45) is 0 Å². The van der Waals surface area contributed by atoms with Crippen molar-refractivity contribution in [2.75, 3.05) is 0 Å². The number of nitro groups is 1. The van der Waals surface area contributed by atoms with Crippen LogP contribution in [-0.4, -0.2) is 15.9 Å². The average Bonchev–Trinajstić information content (AvgIpc) is 2.94. The molecule has 6 nitrogen and oxygen atoms in total. The van der Waals surface area contributed by atoms with Crippen LogP contribution in [0, 0.1) is 10.1 Å². The van der Waals surface area contributed by atoms with Gasteiger partial charge in [0.25, 0.3) is 5.69 Å². The van der Waals surface area contributed by atoms with Gasteiger partial charge in [0.1, 0.15) is 5.75 Å². The van der Waals surface area contributed by atoms with E-state index in [2.05, 4.69) is 12.2 Å². The average molecular weight is 533 g/mol. The minimum absolute atomic E-state index is 0.0477. The van der Waals surface area contributed by atoms with Crippen LogP contribution in [0.5, 0.6) is 5.75 Å². The molecule has 0 aliphatic carbocycles. The van der Waals surface area contributed by atoms with Gasteiger partial charge in [-0.15, -0.1) is 0 Å². The van der Waals surface area contributed by atoms with E-state index < -0.39 is 11.0 Å². The highest BCUT2D eigenvalue weighted by molar-refractivity contribution is 5.89. The van der Waals surface area contributed by atoms with Crippen molar-refractivity contribution in [2.45, 2.75) is 103 Å². The molecule has 0 saturated heterocycles. The maximum Gasteiger partial charge on any atom is 0.269 e. The third-order valence-corrected chi connectivity index (χ3v) is 7.46. The van der Waals surface area contributed by atoms with Gasteiger partial charge in [-0.1, -0.05) is 126 Å². The molecule has 39 heavy (non-hydrogen) atoms. The Morgan fingerprint density at radius 2 is 1.44 bits per heavy atom. The molecule has 3 aromatic rings. The van der Waals surface area contributed by atoms with Crippen LogP contribution in [0.1, 0.15) is 114 Å². The normalized spacial score (nSPS) is 11.9. The number of phenolic OH excluding ortho intramolecular Hbond substituents is 1. The maximum atomic E-state index is 13.0. The molecular weight excluding hydrogens is 488 g/mol. The number of amides is 1. The number of unbranched alkanes of at least 4 members (excludes halogenated alkanes) is 12. The lowest BCUT2D eigenvalue weighted by atomic mass is 9.92. The minimum Gasteiger partial charge on any atom is -0.508 e. The molecule has 0 aliphatic rings. The Morgan fingerprint density at radius 1 is 0.821 bits per heavy atom. The van der Waals surface area contributed by atoms with Gasteiger partial charge in [-0.2, -0.15) is 0 Å². The van der Waals surface area contributed by atoms with Crippen LogP contribution in [0.3, 0.4) is 0 Å². The van der Waals surface area contributed by atoms with E-state index in [0.717, 1.165) is 30.0 Å². The monoisotopic (exact) mass is 532 g/mol. The van der Waals surface area contributed by atoms with Crippen molar-refractivity contribution >= 4 is 22.4 Å². The number of hydrogen-bond donors (Lipinski definition) is 2. The molecule has 6 heteroatoms. The lowest BCUT2D eigenvalue weighted by molar-refractivity contribution is -0.384. The van der Waals surface area contributed by atoms with Gasteiger partial charge >= 0.3 is 0 Å². The van der Waals surface area contributed by atoms with E-state index in [1.54, 1.807) is 18.2 Å². The van der Waals surface area contributed by atoms with Crippen molar-refractivity contribution < 1.29 is 14.8 Å². The van der Waals surface area contributed by atoms with Gasteiger partial charge < -0.3 is 10.4 Å². The first-order valence-corrected chi connectivity index (χ1v) is 14.8. The molecule has 0 radical (unpaired) electrons. The zero-order valence-corrected chi connectivity index (χ0v) is 23.4. The Labute approximate surface area is 233 Å². The fourth-order valence-corrected chi connectivity index (χ4v) is 5.26. The smallest absolute Gasteiger partial charge is 0.269 e. The molecular formula is C33H44N2O4.